The summed E-state index contributed by atoms with van der Waals surface area (Å²) in [6.45, 7) is 0.619. The van der Waals surface area contributed by atoms with Crippen molar-refractivity contribution in [3.05, 3.63) is 27.8 Å². The molecule has 0 saturated heterocycles. The van der Waals surface area contributed by atoms with Crippen LogP contribution in [0, 0.1) is 3.57 Å². The molecule has 1 atom stereocenters. The highest BCUT2D eigenvalue weighted by Crippen LogP contribution is 2.13. The van der Waals surface area contributed by atoms with Crippen molar-refractivity contribution in [3.8, 4) is 5.75 Å². The summed E-state index contributed by atoms with van der Waals surface area (Å²) >= 11 is 2.20. The van der Waals surface area contributed by atoms with Crippen LogP contribution in [-0.2, 0) is 4.79 Å². The van der Waals surface area contributed by atoms with Crippen LogP contribution in [0.5, 0.6) is 5.75 Å². The minimum absolute atomic E-state index is 0. The molecule has 108 valence electrons. The molecule has 5 nitrogen and oxygen atoms in total. The molecule has 0 radical (unpaired) electrons. The normalized spacial score (nSPS) is 11.3. The smallest absolute Gasteiger partial charge is 0.221 e. The van der Waals surface area contributed by atoms with Crippen LogP contribution >= 0.6 is 35.0 Å². The summed E-state index contributed by atoms with van der Waals surface area (Å²) in [6.07, 6.45) is -0.462. The third-order valence-electron chi connectivity index (χ3n) is 2.16. The molecule has 0 aliphatic carbocycles. The number of ether oxygens (including phenoxy) is 1. The molecule has 0 aliphatic rings. The quantitative estimate of drug-likeness (QED) is 0.594. The molecule has 1 amide bonds. The van der Waals surface area contributed by atoms with E-state index in [4.69, 9.17) is 10.5 Å². The summed E-state index contributed by atoms with van der Waals surface area (Å²) in [5.74, 6) is 0.536. The molecule has 0 aromatic heterocycles. The Labute approximate surface area is 132 Å². The molecule has 1 unspecified atom stereocenters. The fraction of sp³-hybridized carbons (Fsp3) is 0.417. The van der Waals surface area contributed by atoms with Crippen LogP contribution in [0.15, 0.2) is 24.3 Å². The van der Waals surface area contributed by atoms with Crippen LogP contribution < -0.4 is 15.8 Å². The van der Waals surface area contributed by atoms with Crippen LogP contribution in [0.4, 0.5) is 0 Å². The Bertz CT molecular complexity index is 376. The lowest BCUT2D eigenvalue weighted by Crippen LogP contribution is -2.36. The Balaban J connectivity index is 0.00000324. The first-order chi connectivity index (χ1) is 8.61. The van der Waals surface area contributed by atoms with Gasteiger partial charge in [0.05, 0.1) is 0 Å². The Hall–Kier alpha value is -0.570. The molecule has 0 heterocycles. The number of halogens is 2. The highest BCUT2D eigenvalue weighted by Gasteiger charge is 2.07. The Morgan fingerprint density at radius 3 is 2.63 bits per heavy atom. The zero-order valence-electron chi connectivity index (χ0n) is 10.3. The number of aliphatic hydroxyl groups is 1. The lowest BCUT2D eigenvalue weighted by atomic mass is 10.3. The number of hydrogen-bond acceptors (Lipinski definition) is 4. The minimum Gasteiger partial charge on any atom is -0.491 e. The standard InChI is InChI=1S/C12H17IN2O3.ClH/c13-9-1-3-11(4-2-9)18-8-10(16)7-15-12(17)5-6-14;/h1-4,10,16H,5-8,14H2,(H,15,17);1H. The van der Waals surface area contributed by atoms with E-state index in [1.54, 1.807) is 0 Å². The molecule has 7 heteroatoms. The Morgan fingerprint density at radius 2 is 2.05 bits per heavy atom. The molecule has 0 bridgehead atoms. The monoisotopic (exact) mass is 400 g/mol. The van der Waals surface area contributed by atoms with Crippen molar-refractivity contribution in [3.63, 3.8) is 0 Å². The van der Waals surface area contributed by atoms with Gasteiger partial charge in [-0.25, -0.2) is 0 Å². The second kappa shape index (κ2) is 10.2. The van der Waals surface area contributed by atoms with Gasteiger partial charge in [0.25, 0.3) is 0 Å². The number of nitrogens with two attached hydrogens (primary N) is 1. The van der Waals surface area contributed by atoms with Gasteiger partial charge in [-0.1, -0.05) is 0 Å². The van der Waals surface area contributed by atoms with Crippen molar-refractivity contribution in [2.75, 3.05) is 19.7 Å². The second-order valence-corrected chi connectivity index (χ2v) is 5.01. The first kappa shape index (κ1) is 18.4. The number of carbonyl (C=O) groups excluding carboxylic acids is 1. The van der Waals surface area contributed by atoms with Crippen LogP contribution in [-0.4, -0.2) is 36.8 Å². The van der Waals surface area contributed by atoms with Crippen LogP contribution in [0.2, 0.25) is 0 Å². The summed E-state index contributed by atoms with van der Waals surface area (Å²) < 4.78 is 6.51. The summed E-state index contributed by atoms with van der Waals surface area (Å²) in [5.41, 5.74) is 5.23. The number of amides is 1. The fourth-order valence-corrected chi connectivity index (χ4v) is 1.59. The molecule has 0 spiro atoms. The molecule has 0 fully saturated rings. The largest absolute Gasteiger partial charge is 0.491 e. The zero-order chi connectivity index (χ0) is 13.4. The first-order valence-corrected chi connectivity index (χ1v) is 6.73. The highest BCUT2D eigenvalue weighted by molar-refractivity contribution is 14.1. The number of nitrogens with one attached hydrogen (secondary N) is 1. The first-order valence-electron chi connectivity index (χ1n) is 5.65. The maximum Gasteiger partial charge on any atom is 0.221 e. The van der Waals surface area contributed by atoms with Gasteiger partial charge in [0.1, 0.15) is 18.5 Å². The van der Waals surface area contributed by atoms with Crippen molar-refractivity contribution in [1.82, 2.24) is 5.32 Å². The van der Waals surface area contributed by atoms with Crippen LogP contribution in [0.25, 0.3) is 0 Å². The van der Waals surface area contributed by atoms with E-state index in [9.17, 15) is 9.90 Å². The second-order valence-electron chi connectivity index (χ2n) is 3.76. The summed E-state index contributed by atoms with van der Waals surface area (Å²) in [5, 5.41) is 12.2. The van der Waals surface area contributed by atoms with Gasteiger partial charge >= 0.3 is 0 Å². The predicted octanol–water partition coefficient (Wildman–Crippen LogP) is 0.918. The van der Waals surface area contributed by atoms with Gasteiger partial charge in [-0.3, -0.25) is 4.79 Å². The van der Waals surface area contributed by atoms with Gasteiger partial charge in [-0.05, 0) is 46.9 Å². The third kappa shape index (κ3) is 8.25. The number of hydrogen-bond donors (Lipinski definition) is 3. The van der Waals surface area contributed by atoms with E-state index >= 15 is 0 Å². The minimum atomic E-state index is -0.731. The summed E-state index contributed by atoms with van der Waals surface area (Å²) in [7, 11) is 0. The van der Waals surface area contributed by atoms with E-state index in [1.165, 1.54) is 0 Å². The van der Waals surface area contributed by atoms with Crippen molar-refractivity contribution in [2.24, 2.45) is 5.73 Å². The van der Waals surface area contributed by atoms with Gasteiger partial charge in [0.2, 0.25) is 5.91 Å². The van der Waals surface area contributed by atoms with E-state index in [0.29, 0.717) is 12.3 Å². The summed E-state index contributed by atoms with van der Waals surface area (Å²) in [6, 6.07) is 7.51. The number of aliphatic hydroxyl groups excluding tert-OH is 1. The van der Waals surface area contributed by atoms with Gasteiger partial charge in [0.15, 0.2) is 0 Å². The molecule has 1 aromatic carbocycles. The Kier molecular flexibility index (Phi) is 9.94. The van der Waals surface area contributed by atoms with E-state index in [1.807, 2.05) is 24.3 Å². The molecule has 19 heavy (non-hydrogen) atoms. The highest BCUT2D eigenvalue weighted by atomic mass is 127. The third-order valence-corrected chi connectivity index (χ3v) is 2.88. The summed E-state index contributed by atoms with van der Waals surface area (Å²) in [4.78, 5) is 11.1. The van der Waals surface area contributed by atoms with Crippen molar-refractivity contribution < 1.29 is 14.6 Å². The number of rotatable bonds is 7. The van der Waals surface area contributed by atoms with E-state index in [-0.39, 0.29) is 37.9 Å². The van der Waals surface area contributed by atoms with Gasteiger partial charge in [0, 0.05) is 23.1 Å². The maximum atomic E-state index is 11.1. The molecule has 1 rings (SSSR count). The van der Waals surface area contributed by atoms with Gasteiger partial charge in [-0.15, -0.1) is 12.4 Å². The molecule has 0 aliphatic heterocycles. The van der Waals surface area contributed by atoms with Crippen molar-refractivity contribution in [1.29, 1.82) is 0 Å². The molecular weight excluding hydrogens is 382 g/mol. The number of carbonyl (C=O) groups is 1. The molecule has 4 N–H and O–H groups in total. The van der Waals surface area contributed by atoms with Crippen LogP contribution in [0.3, 0.4) is 0 Å². The van der Waals surface area contributed by atoms with Crippen molar-refractivity contribution in [2.45, 2.75) is 12.5 Å². The van der Waals surface area contributed by atoms with Gasteiger partial charge in [-0.2, -0.15) is 0 Å². The van der Waals surface area contributed by atoms with E-state index in [0.717, 1.165) is 3.57 Å². The topological polar surface area (TPSA) is 84.6 Å². The molecule has 0 saturated carbocycles. The SMILES string of the molecule is Cl.NCCC(=O)NCC(O)COc1ccc(I)cc1. The fourth-order valence-electron chi connectivity index (χ4n) is 1.23. The maximum absolute atomic E-state index is 11.1. The lowest BCUT2D eigenvalue weighted by molar-refractivity contribution is -0.121. The zero-order valence-corrected chi connectivity index (χ0v) is 13.3. The predicted molar refractivity (Wildman–Crippen MR) is 84.6 cm³/mol. The average Bonchev–Trinajstić information content (AvgIpc) is 2.36. The van der Waals surface area contributed by atoms with E-state index < -0.39 is 6.10 Å². The molecular formula is C12H18ClIN2O3. The van der Waals surface area contributed by atoms with Crippen molar-refractivity contribution >= 4 is 40.9 Å². The average molecular weight is 401 g/mol. The molecule has 1 aromatic rings. The lowest BCUT2D eigenvalue weighted by Gasteiger charge is -2.13. The van der Waals surface area contributed by atoms with E-state index in [2.05, 4.69) is 27.9 Å². The van der Waals surface area contributed by atoms with Gasteiger partial charge < -0.3 is 20.9 Å². The van der Waals surface area contributed by atoms with Crippen LogP contribution in [0.1, 0.15) is 6.42 Å². The Morgan fingerprint density at radius 1 is 1.42 bits per heavy atom. The number of benzene rings is 1.